The molecule has 1 aromatic carbocycles. The van der Waals surface area contributed by atoms with Crippen LogP contribution in [-0.2, 0) is 11.8 Å². The van der Waals surface area contributed by atoms with Crippen LogP contribution in [0.1, 0.15) is 44.9 Å². The molecule has 2 aromatic rings. The van der Waals surface area contributed by atoms with Gasteiger partial charge in [-0.15, -0.1) is 0 Å². The van der Waals surface area contributed by atoms with Crippen molar-refractivity contribution in [1.29, 1.82) is 0 Å². The second-order valence-electron chi connectivity index (χ2n) is 7.00. The van der Waals surface area contributed by atoms with E-state index < -0.39 is 0 Å². The number of aromatic nitrogens is 2. The topological polar surface area (TPSA) is 29.9 Å². The summed E-state index contributed by atoms with van der Waals surface area (Å²) in [5.74, 6) is 0. The van der Waals surface area contributed by atoms with Gasteiger partial charge in [-0.05, 0) is 42.5 Å². The molecule has 1 saturated heterocycles. The summed E-state index contributed by atoms with van der Waals surface area (Å²) in [6.07, 6.45) is 5.66. The molecule has 21 heavy (non-hydrogen) atoms. The number of para-hydroxylation sites is 1. The normalized spacial score (nSPS) is 19.1. The highest BCUT2D eigenvalue weighted by Crippen LogP contribution is 2.29. The Morgan fingerprint density at radius 2 is 2.00 bits per heavy atom. The smallest absolute Gasteiger partial charge is 0.0648 e. The van der Waals surface area contributed by atoms with Crippen LogP contribution >= 0.6 is 0 Å². The fraction of sp³-hybridized carbons (Fsp3) is 0.500. The van der Waals surface area contributed by atoms with Crippen LogP contribution in [0, 0.1) is 0 Å². The summed E-state index contributed by atoms with van der Waals surface area (Å²) < 4.78 is 2.13. The quantitative estimate of drug-likeness (QED) is 0.935. The van der Waals surface area contributed by atoms with E-state index in [0.29, 0.717) is 6.04 Å². The van der Waals surface area contributed by atoms with E-state index in [1.807, 2.05) is 0 Å². The molecule has 112 valence electrons. The van der Waals surface area contributed by atoms with Crippen molar-refractivity contribution in [3.05, 3.63) is 47.8 Å². The maximum Gasteiger partial charge on any atom is 0.0648 e. The first kappa shape index (κ1) is 14.3. The van der Waals surface area contributed by atoms with Gasteiger partial charge < -0.3 is 5.32 Å². The fourth-order valence-electron chi connectivity index (χ4n) is 3.15. The number of benzene rings is 1. The highest BCUT2D eigenvalue weighted by atomic mass is 15.3. The SMILES string of the molecule is CC(C)(C)c1cnn(-c2ccccc2)c1CC1CCCN1. The van der Waals surface area contributed by atoms with Gasteiger partial charge >= 0.3 is 0 Å². The first-order valence-electron chi connectivity index (χ1n) is 7.92. The molecule has 3 rings (SSSR count). The van der Waals surface area contributed by atoms with Crippen molar-refractivity contribution in [3.63, 3.8) is 0 Å². The van der Waals surface area contributed by atoms with Gasteiger partial charge in [-0.25, -0.2) is 4.68 Å². The summed E-state index contributed by atoms with van der Waals surface area (Å²) in [6, 6.07) is 11.0. The average Bonchev–Trinajstić information content (AvgIpc) is 3.09. The average molecular weight is 283 g/mol. The van der Waals surface area contributed by atoms with Gasteiger partial charge in [0, 0.05) is 18.2 Å². The van der Waals surface area contributed by atoms with Gasteiger partial charge in [0.1, 0.15) is 0 Å². The molecule has 0 saturated carbocycles. The van der Waals surface area contributed by atoms with Gasteiger partial charge in [0.2, 0.25) is 0 Å². The van der Waals surface area contributed by atoms with Crippen molar-refractivity contribution in [3.8, 4) is 5.69 Å². The van der Waals surface area contributed by atoms with E-state index in [-0.39, 0.29) is 5.41 Å². The maximum absolute atomic E-state index is 4.68. The van der Waals surface area contributed by atoms with Gasteiger partial charge in [0.05, 0.1) is 11.9 Å². The summed E-state index contributed by atoms with van der Waals surface area (Å²) in [7, 11) is 0. The van der Waals surface area contributed by atoms with E-state index in [0.717, 1.165) is 18.7 Å². The molecule has 0 bridgehead atoms. The predicted molar refractivity (Wildman–Crippen MR) is 87.0 cm³/mol. The molecule has 0 amide bonds. The molecule has 1 unspecified atom stereocenters. The first-order valence-corrected chi connectivity index (χ1v) is 7.92. The van der Waals surface area contributed by atoms with Crippen molar-refractivity contribution >= 4 is 0 Å². The number of hydrogen-bond acceptors (Lipinski definition) is 2. The Hall–Kier alpha value is -1.61. The molecular formula is C18H25N3. The fourth-order valence-corrected chi connectivity index (χ4v) is 3.15. The molecule has 2 heterocycles. The molecule has 1 aromatic heterocycles. The Kier molecular flexibility index (Phi) is 3.85. The number of hydrogen-bond donors (Lipinski definition) is 1. The Balaban J connectivity index is 2.01. The van der Waals surface area contributed by atoms with Crippen molar-refractivity contribution in [2.45, 2.75) is 51.5 Å². The molecule has 0 spiro atoms. The predicted octanol–water partition coefficient (Wildman–Crippen LogP) is 3.46. The summed E-state index contributed by atoms with van der Waals surface area (Å²) in [6.45, 7) is 7.95. The third kappa shape index (κ3) is 3.03. The van der Waals surface area contributed by atoms with E-state index in [2.05, 4.69) is 72.4 Å². The molecule has 1 aliphatic heterocycles. The summed E-state index contributed by atoms with van der Waals surface area (Å²) in [4.78, 5) is 0. The minimum atomic E-state index is 0.126. The van der Waals surface area contributed by atoms with Crippen LogP contribution in [0.5, 0.6) is 0 Å². The standard InChI is InChI=1S/C18H25N3/c1-18(2,3)16-13-20-21(15-9-5-4-6-10-15)17(16)12-14-8-7-11-19-14/h4-6,9-10,13-14,19H,7-8,11-12H2,1-3H3. The van der Waals surface area contributed by atoms with Crippen LogP contribution < -0.4 is 5.32 Å². The van der Waals surface area contributed by atoms with E-state index in [9.17, 15) is 0 Å². The monoisotopic (exact) mass is 283 g/mol. The molecular weight excluding hydrogens is 258 g/mol. The summed E-state index contributed by atoms with van der Waals surface area (Å²) >= 11 is 0. The molecule has 1 N–H and O–H groups in total. The van der Waals surface area contributed by atoms with Crippen LogP contribution in [0.25, 0.3) is 5.69 Å². The van der Waals surface area contributed by atoms with Gasteiger partial charge in [-0.2, -0.15) is 5.10 Å². The van der Waals surface area contributed by atoms with Crippen LogP contribution in [-0.4, -0.2) is 22.4 Å². The Bertz CT molecular complexity index is 587. The van der Waals surface area contributed by atoms with Crippen LogP contribution in [0.15, 0.2) is 36.5 Å². The second kappa shape index (κ2) is 5.64. The third-order valence-electron chi connectivity index (χ3n) is 4.28. The zero-order valence-corrected chi connectivity index (χ0v) is 13.3. The highest BCUT2D eigenvalue weighted by Gasteiger charge is 2.26. The van der Waals surface area contributed by atoms with E-state index in [4.69, 9.17) is 0 Å². The number of rotatable bonds is 3. The third-order valence-corrected chi connectivity index (χ3v) is 4.28. The lowest BCUT2D eigenvalue weighted by molar-refractivity contribution is 0.548. The van der Waals surface area contributed by atoms with Crippen LogP contribution in [0.3, 0.4) is 0 Å². The Morgan fingerprint density at radius 1 is 1.24 bits per heavy atom. The van der Waals surface area contributed by atoms with Crippen LogP contribution in [0.4, 0.5) is 0 Å². The van der Waals surface area contributed by atoms with Crippen molar-refractivity contribution < 1.29 is 0 Å². The van der Waals surface area contributed by atoms with Crippen molar-refractivity contribution in [1.82, 2.24) is 15.1 Å². The van der Waals surface area contributed by atoms with Crippen molar-refractivity contribution in [2.24, 2.45) is 0 Å². The maximum atomic E-state index is 4.68. The molecule has 0 radical (unpaired) electrons. The second-order valence-corrected chi connectivity index (χ2v) is 7.00. The number of nitrogens with one attached hydrogen (secondary N) is 1. The van der Waals surface area contributed by atoms with Crippen molar-refractivity contribution in [2.75, 3.05) is 6.54 Å². The zero-order chi connectivity index (χ0) is 14.9. The lowest BCUT2D eigenvalue weighted by Gasteiger charge is -2.21. The first-order chi connectivity index (χ1) is 10.1. The van der Waals surface area contributed by atoms with Gasteiger partial charge in [0.15, 0.2) is 0 Å². The lowest BCUT2D eigenvalue weighted by Crippen LogP contribution is -2.26. The van der Waals surface area contributed by atoms with Crippen LogP contribution in [0.2, 0.25) is 0 Å². The molecule has 3 heteroatoms. The number of nitrogens with zero attached hydrogens (tertiary/aromatic N) is 2. The largest absolute Gasteiger partial charge is 0.314 e. The van der Waals surface area contributed by atoms with E-state index in [1.165, 1.54) is 24.1 Å². The highest BCUT2D eigenvalue weighted by molar-refractivity contribution is 5.37. The molecule has 0 aliphatic carbocycles. The molecule has 1 aliphatic rings. The van der Waals surface area contributed by atoms with Gasteiger partial charge in [-0.1, -0.05) is 39.0 Å². The summed E-state index contributed by atoms with van der Waals surface area (Å²) in [5.41, 5.74) is 4.00. The molecule has 3 nitrogen and oxygen atoms in total. The Labute approximate surface area is 127 Å². The zero-order valence-electron chi connectivity index (χ0n) is 13.3. The minimum Gasteiger partial charge on any atom is -0.314 e. The van der Waals surface area contributed by atoms with Gasteiger partial charge in [-0.3, -0.25) is 0 Å². The van der Waals surface area contributed by atoms with Gasteiger partial charge in [0.25, 0.3) is 0 Å². The van der Waals surface area contributed by atoms with E-state index in [1.54, 1.807) is 0 Å². The molecule has 1 atom stereocenters. The lowest BCUT2D eigenvalue weighted by atomic mass is 9.86. The van der Waals surface area contributed by atoms with E-state index >= 15 is 0 Å². The summed E-state index contributed by atoms with van der Waals surface area (Å²) in [5, 5.41) is 8.29. The molecule has 1 fully saturated rings. The minimum absolute atomic E-state index is 0.126. The Morgan fingerprint density at radius 3 is 2.62 bits per heavy atom.